The van der Waals surface area contributed by atoms with Crippen molar-refractivity contribution in [2.45, 2.75) is 64.8 Å². The summed E-state index contributed by atoms with van der Waals surface area (Å²) in [5, 5.41) is 9.82. The Labute approximate surface area is 171 Å². The Morgan fingerprint density at radius 2 is 1.86 bits per heavy atom. The molecule has 1 aromatic carbocycles. The molecular formula is C21H30N2O6. The second-order valence-corrected chi connectivity index (χ2v) is 8.04. The molecule has 1 fully saturated rings. The SMILES string of the molecule is CCCOC(=O)[C@@H]1[C@H](N(Cc2ccccc2)C(=O)O)CCN1C(=O)OC(C)(C)C. The summed E-state index contributed by atoms with van der Waals surface area (Å²) in [7, 11) is 0. The molecule has 1 aliphatic rings. The number of ether oxygens (including phenoxy) is 2. The van der Waals surface area contributed by atoms with Crippen LogP contribution < -0.4 is 0 Å². The Morgan fingerprint density at radius 1 is 1.21 bits per heavy atom. The van der Waals surface area contributed by atoms with Gasteiger partial charge in [-0.3, -0.25) is 9.80 Å². The van der Waals surface area contributed by atoms with Crippen LogP contribution in [-0.2, 0) is 20.8 Å². The standard InChI is InChI=1S/C21H30N2O6/c1-5-13-28-18(24)17-16(11-12-22(17)20(27)29-21(2,3)4)23(19(25)26)14-15-9-7-6-8-10-15/h6-10,16-17H,5,11-14H2,1-4H3,(H,25,26)/t16-,17+/m1/s1. The van der Waals surface area contributed by atoms with Gasteiger partial charge < -0.3 is 14.6 Å². The van der Waals surface area contributed by atoms with E-state index in [4.69, 9.17) is 9.47 Å². The highest BCUT2D eigenvalue weighted by atomic mass is 16.6. The quantitative estimate of drug-likeness (QED) is 0.727. The molecule has 0 bridgehead atoms. The van der Waals surface area contributed by atoms with Crippen molar-refractivity contribution in [3.05, 3.63) is 35.9 Å². The zero-order valence-electron chi connectivity index (χ0n) is 17.5. The maximum Gasteiger partial charge on any atom is 0.411 e. The molecule has 0 aromatic heterocycles. The molecule has 1 saturated heterocycles. The summed E-state index contributed by atoms with van der Waals surface area (Å²) in [6, 6.07) is 7.37. The van der Waals surface area contributed by atoms with E-state index >= 15 is 0 Å². The molecular weight excluding hydrogens is 376 g/mol. The molecule has 8 heteroatoms. The van der Waals surface area contributed by atoms with Gasteiger partial charge in [0.1, 0.15) is 5.60 Å². The molecule has 0 spiro atoms. The van der Waals surface area contributed by atoms with E-state index in [1.807, 2.05) is 37.3 Å². The van der Waals surface area contributed by atoms with Crippen molar-refractivity contribution < 1.29 is 29.0 Å². The first-order chi connectivity index (χ1) is 13.6. The van der Waals surface area contributed by atoms with Crippen LogP contribution in [0.3, 0.4) is 0 Å². The van der Waals surface area contributed by atoms with E-state index in [0.29, 0.717) is 12.8 Å². The molecule has 0 unspecified atom stereocenters. The van der Waals surface area contributed by atoms with E-state index < -0.39 is 35.8 Å². The fourth-order valence-corrected chi connectivity index (χ4v) is 3.31. The second kappa shape index (κ2) is 9.62. The van der Waals surface area contributed by atoms with Gasteiger partial charge in [-0.05, 0) is 39.2 Å². The molecule has 2 rings (SSSR count). The largest absolute Gasteiger partial charge is 0.465 e. The summed E-state index contributed by atoms with van der Waals surface area (Å²) in [5.74, 6) is -0.612. The Kier molecular flexibility index (Phi) is 7.47. The number of hydrogen-bond donors (Lipinski definition) is 1. The van der Waals surface area contributed by atoms with Crippen LogP contribution >= 0.6 is 0 Å². The number of nitrogens with zero attached hydrogens (tertiary/aromatic N) is 2. The van der Waals surface area contributed by atoms with Crippen LogP contribution in [0, 0.1) is 0 Å². The minimum absolute atomic E-state index is 0.112. The Balaban J connectivity index is 2.30. The number of esters is 1. The second-order valence-electron chi connectivity index (χ2n) is 8.04. The minimum Gasteiger partial charge on any atom is -0.465 e. The fraction of sp³-hybridized carbons (Fsp3) is 0.571. The zero-order valence-corrected chi connectivity index (χ0v) is 17.5. The predicted octanol–water partition coefficient (Wildman–Crippen LogP) is 3.50. The van der Waals surface area contributed by atoms with Gasteiger partial charge in [-0.1, -0.05) is 37.3 Å². The maximum absolute atomic E-state index is 12.8. The van der Waals surface area contributed by atoms with Gasteiger partial charge in [0.05, 0.1) is 12.6 Å². The van der Waals surface area contributed by atoms with Crippen LogP contribution in [0.5, 0.6) is 0 Å². The number of likely N-dealkylation sites (tertiary alicyclic amines) is 1. The molecule has 1 aromatic rings. The molecule has 2 atom stereocenters. The van der Waals surface area contributed by atoms with Crippen molar-refractivity contribution in [1.29, 1.82) is 0 Å². The highest BCUT2D eigenvalue weighted by Gasteiger charge is 2.48. The number of carbonyl (C=O) groups excluding carboxylic acids is 2. The topological polar surface area (TPSA) is 96.4 Å². The monoisotopic (exact) mass is 406 g/mol. The molecule has 1 N–H and O–H groups in total. The van der Waals surface area contributed by atoms with Gasteiger partial charge >= 0.3 is 18.2 Å². The summed E-state index contributed by atoms with van der Waals surface area (Å²) in [6.07, 6.45) is -0.853. The highest BCUT2D eigenvalue weighted by molar-refractivity contribution is 5.84. The van der Waals surface area contributed by atoms with Crippen LogP contribution in [0.4, 0.5) is 9.59 Å². The van der Waals surface area contributed by atoms with Crippen molar-refractivity contribution in [3.63, 3.8) is 0 Å². The summed E-state index contributed by atoms with van der Waals surface area (Å²) in [5.41, 5.74) is 0.0649. The molecule has 0 radical (unpaired) electrons. The smallest absolute Gasteiger partial charge is 0.411 e. The number of hydrogen-bond acceptors (Lipinski definition) is 5. The maximum atomic E-state index is 12.8. The number of benzene rings is 1. The van der Waals surface area contributed by atoms with E-state index in [9.17, 15) is 19.5 Å². The van der Waals surface area contributed by atoms with Crippen LogP contribution in [0.15, 0.2) is 30.3 Å². The van der Waals surface area contributed by atoms with Crippen molar-refractivity contribution in [1.82, 2.24) is 9.80 Å². The molecule has 0 aliphatic carbocycles. The lowest BCUT2D eigenvalue weighted by Gasteiger charge is -2.33. The Morgan fingerprint density at radius 3 is 2.41 bits per heavy atom. The highest BCUT2D eigenvalue weighted by Crippen LogP contribution is 2.28. The Hall–Kier alpha value is -2.77. The van der Waals surface area contributed by atoms with Crippen LogP contribution in [0.25, 0.3) is 0 Å². The van der Waals surface area contributed by atoms with Crippen molar-refractivity contribution in [2.24, 2.45) is 0 Å². The van der Waals surface area contributed by atoms with Gasteiger partial charge in [-0.15, -0.1) is 0 Å². The van der Waals surface area contributed by atoms with E-state index in [2.05, 4.69) is 0 Å². The number of rotatable bonds is 6. The first-order valence-electron chi connectivity index (χ1n) is 9.83. The van der Waals surface area contributed by atoms with Crippen molar-refractivity contribution >= 4 is 18.2 Å². The Bertz CT molecular complexity index is 716. The first-order valence-corrected chi connectivity index (χ1v) is 9.83. The van der Waals surface area contributed by atoms with Crippen LogP contribution in [0.2, 0.25) is 0 Å². The van der Waals surface area contributed by atoms with E-state index in [-0.39, 0.29) is 19.7 Å². The lowest BCUT2D eigenvalue weighted by molar-refractivity contribution is -0.150. The third-order valence-corrected chi connectivity index (χ3v) is 4.53. The van der Waals surface area contributed by atoms with Gasteiger partial charge in [0.2, 0.25) is 0 Å². The van der Waals surface area contributed by atoms with Gasteiger partial charge in [0.25, 0.3) is 0 Å². The molecule has 0 saturated carbocycles. The van der Waals surface area contributed by atoms with Crippen molar-refractivity contribution in [2.75, 3.05) is 13.2 Å². The average molecular weight is 406 g/mol. The zero-order chi connectivity index (χ0) is 21.6. The first kappa shape index (κ1) is 22.5. The molecule has 1 heterocycles. The molecule has 2 amide bonds. The lowest BCUT2D eigenvalue weighted by Crippen LogP contribution is -2.53. The van der Waals surface area contributed by atoms with E-state index in [1.165, 1.54) is 9.80 Å². The molecule has 8 nitrogen and oxygen atoms in total. The fourth-order valence-electron chi connectivity index (χ4n) is 3.31. The van der Waals surface area contributed by atoms with Gasteiger partial charge in [-0.2, -0.15) is 0 Å². The van der Waals surface area contributed by atoms with Crippen LogP contribution in [-0.4, -0.2) is 63.9 Å². The summed E-state index contributed by atoms with van der Waals surface area (Å²) < 4.78 is 10.7. The average Bonchev–Trinajstić information content (AvgIpc) is 3.08. The number of carbonyl (C=O) groups is 3. The molecule has 1 aliphatic heterocycles. The molecule has 29 heavy (non-hydrogen) atoms. The van der Waals surface area contributed by atoms with Gasteiger partial charge in [0, 0.05) is 13.1 Å². The normalized spacial score (nSPS) is 19.0. The third kappa shape index (κ3) is 6.10. The lowest BCUT2D eigenvalue weighted by atomic mass is 10.1. The van der Waals surface area contributed by atoms with Crippen molar-refractivity contribution in [3.8, 4) is 0 Å². The third-order valence-electron chi connectivity index (χ3n) is 4.53. The summed E-state index contributed by atoms with van der Waals surface area (Å²) >= 11 is 0. The number of amides is 2. The summed E-state index contributed by atoms with van der Waals surface area (Å²) in [4.78, 5) is 40.0. The van der Waals surface area contributed by atoms with Gasteiger partial charge in [0.15, 0.2) is 6.04 Å². The van der Waals surface area contributed by atoms with E-state index in [1.54, 1.807) is 20.8 Å². The van der Waals surface area contributed by atoms with E-state index in [0.717, 1.165) is 5.56 Å². The predicted molar refractivity (Wildman–Crippen MR) is 106 cm³/mol. The number of carboxylic acid groups (broad SMARTS) is 1. The summed E-state index contributed by atoms with van der Waals surface area (Å²) in [6.45, 7) is 7.61. The van der Waals surface area contributed by atoms with Crippen LogP contribution in [0.1, 0.15) is 46.1 Å². The molecule has 160 valence electrons. The minimum atomic E-state index is -1.15. The van der Waals surface area contributed by atoms with Gasteiger partial charge in [-0.25, -0.2) is 14.4 Å².